The molecule has 1 atom stereocenters. The fourth-order valence-corrected chi connectivity index (χ4v) is 3.06. The number of nitrogens with one attached hydrogen (secondary N) is 1. The summed E-state index contributed by atoms with van der Waals surface area (Å²) in [6.45, 7) is 6.85. The van der Waals surface area contributed by atoms with E-state index < -0.39 is 15.7 Å². The minimum atomic E-state index is -3.52. The van der Waals surface area contributed by atoms with Crippen molar-refractivity contribution in [1.29, 1.82) is 0 Å². The number of ether oxygens (including phenoxy) is 1. The number of nitrogens with zero attached hydrogens (tertiary/aromatic N) is 1. The number of rotatable bonds is 9. The third-order valence-corrected chi connectivity index (χ3v) is 4.46. The summed E-state index contributed by atoms with van der Waals surface area (Å²) in [5.74, 6) is 0.366. The maximum absolute atomic E-state index is 12.1. The molecule has 0 aromatic heterocycles. The number of methoxy groups -OCH3 is 1. The summed E-state index contributed by atoms with van der Waals surface area (Å²) in [7, 11) is -0.465. The highest BCUT2D eigenvalue weighted by molar-refractivity contribution is 7.87. The van der Waals surface area contributed by atoms with Gasteiger partial charge in [0.2, 0.25) is 0 Å². The normalized spacial score (nSPS) is 15.4. The molecule has 3 N–H and O–H groups in total. The van der Waals surface area contributed by atoms with Gasteiger partial charge >= 0.3 is 0 Å². The Hall–Kier alpha value is 0.0800. The summed E-state index contributed by atoms with van der Waals surface area (Å²) >= 11 is 0. The first-order valence-electron chi connectivity index (χ1n) is 6.11. The molecular weight excluding hydrogens is 290 g/mol. The van der Waals surface area contributed by atoms with Gasteiger partial charge in [-0.25, -0.2) is 0 Å². The van der Waals surface area contributed by atoms with Crippen LogP contribution in [0.2, 0.25) is 0 Å². The molecule has 0 radical (unpaired) electrons. The first-order valence-corrected chi connectivity index (χ1v) is 7.55. The van der Waals surface area contributed by atoms with Crippen molar-refractivity contribution in [3.63, 3.8) is 0 Å². The summed E-state index contributed by atoms with van der Waals surface area (Å²) < 4.78 is 33.0. The van der Waals surface area contributed by atoms with Crippen molar-refractivity contribution in [3.05, 3.63) is 0 Å². The van der Waals surface area contributed by atoms with E-state index in [1.54, 1.807) is 0 Å². The van der Waals surface area contributed by atoms with Crippen LogP contribution in [0.3, 0.4) is 0 Å². The predicted molar refractivity (Wildman–Crippen MR) is 80.7 cm³/mol. The molecule has 0 saturated heterocycles. The summed E-state index contributed by atoms with van der Waals surface area (Å²) in [5.41, 5.74) is 5.08. The molecule has 0 fully saturated rings. The van der Waals surface area contributed by atoms with Gasteiger partial charge in [-0.3, -0.25) is 0 Å². The standard InChI is InChI=1S/C11H27N3O3S.ClH/c1-10(2)8-11(3,9-12)13-18(15,16)14(4)6-7-17-5;/h10,13H,6-9,12H2,1-5H3;1H. The highest BCUT2D eigenvalue weighted by Gasteiger charge is 2.31. The Morgan fingerprint density at radius 1 is 1.42 bits per heavy atom. The fraction of sp³-hybridized carbons (Fsp3) is 1.00. The minimum absolute atomic E-state index is 0. The molecule has 0 saturated carbocycles. The SMILES string of the molecule is COCCN(C)S(=O)(=O)NC(C)(CN)CC(C)C.Cl. The van der Waals surface area contributed by atoms with Crippen molar-refractivity contribution in [3.8, 4) is 0 Å². The molecule has 118 valence electrons. The molecule has 8 heteroatoms. The van der Waals surface area contributed by atoms with E-state index in [9.17, 15) is 8.42 Å². The van der Waals surface area contributed by atoms with E-state index >= 15 is 0 Å². The number of halogens is 1. The molecule has 0 aliphatic heterocycles. The fourth-order valence-electron chi connectivity index (χ4n) is 1.80. The molecule has 1 unspecified atom stereocenters. The molecule has 0 aromatic rings. The Balaban J connectivity index is 0. The van der Waals surface area contributed by atoms with Crippen LogP contribution in [0.5, 0.6) is 0 Å². The van der Waals surface area contributed by atoms with E-state index in [1.807, 2.05) is 20.8 Å². The van der Waals surface area contributed by atoms with Crippen LogP contribution in [-0.4, -0.2) is 52.1 Å². The molecule has 6 nitrogen and oxygen atoms in total. The lowest BCUT2D eigenvalue weighted by atomic mass is 9.92. The number of likely N-dealkylation sites (N-methyl/N-ethyl adjacent to an activating group) is 1. The first kappa shape index (κ1) is 21.4. The maximum Gasteiger partial charge on any atom is 0.279 e. The lowest BCUT2D eigenvalue weighted by Gasteiger charge is -2.32. The minimum Gasteiger partial charge on any atom is -0.383 e. The molecule has 0 aliphatic rings. The summed E-state index contributed by atoms with van der Waals surface area (Å²) in [6.07, 6.45) is 0.695. The van der Waals surface area contributed by atoms with Gasteiger partial charge < -0.3 is 10.5 Å². The van der Waals surface area contributed by atoms with Gasteiger partial charge in [0.15, 0.2) is 0 Å². The van der Waals surface area contributed by atoms with E-state index in [-0.39, 0.29) is 19.0 Å². The summed E-state index contributed by atoms with van der Waals surface area (Å²) in [4.78, 5) is 0. The largest absolute Gasteiger partial charge is 0.383 e. The Labute approximate surface area is 123 Å². The van der Waals surface area contributed by atoms with Crippen molar-refractivity contribution in [2.75, 3.05) is 33.9 Å². The van der Waals surface area contributed by atoms with Gasteiger partial charge in [-0.1, -0.05) is 13.8 Å². The highest BCUT2D eigenvalue weighted by atomic mass is 35.5. The first-order chi connectivity index (χ1) is 8.17. The molecule has 0 spiro atoms. The van der Waals surface area contributed by atoms with Crippen LogP contribution < -0.4 is 10.5 Å². The van der Waals surface area contributed by atoms with Gasteiger partial charge in [-0.05, 0) is 19.3 Å². The number of nitrogens with two attached hydrogens (primary N) is 1. The van der Waals surface area contributed by atoms with Crippen molar-refractivity contribution in [2.45, 2.75) is 32.7 Å². The van der Waals surface area contributed by atoms with Gasteiger partial charge in [0, 0.05) is 32.8 Å². The van der Waals surface area contributed by atoms with E-state index in [1.165, 1.54) is 18.5 Å². The highest BCUT2D eigenvalue weighted by Crippen LogP contribution is 2.17. The molecule has 0 bridgehead atoms. The third-order valence-electron chi connectivity index (χ3n) is 2.71. The van der Waals surface area contributed by atoms with Gasteiger partial charge in [-0.15, -0.1) is 12.4 Å². The van der Waals surface area contributed by atoms with Crippen LogP contribution in [0.4, 0.5) is 0 Å². The van der Waals surface area contributed by atoms with Gasteiger partial charge in [0.05, 0.1) is 6.61 Å². The third kappa shape index (κ3) is 8.06. The van der Waals surface area contributed by atoms with Gasteiger partial charge in [0.1, 0.15) is 0 Å². The molecular formula is C11H28ClN3O3S. The zero-order chi connectivity index (χ0) is 14.4. The quantitative estimate of drug-likeness (QED) is 0.651. The molecule has 0 amide bonds. The van der Waals surface area contributed by atoms with Crippen LogP contribution in [-0.2, 0) is 14.9 Å². The zero-order valence-electron chi connectivity index (χ0n) is 12.5. The smallest absolute Gasteiger partial charge is 0.279 e. The van der Waals surface area contributed by atoms with E-state index in [4.69, 9.17) is 10.5 Å². The second-order valence-corrected chi connectivity index (χ2v) is 7.06. The Morgan fingerprint density at radius 2 is 1.95 bits per heavy atom. The van der Waals surface area contributed by atoms with Gasteiger partial charge in [0.25, 0.3) is 10.2 Å². The average molecular weight is 318 g/mol. The van der Waals surface area contributed by atoms with Crippen molar-refractivity contribution in [1.82, 2.24) is 9.03 Å². The van der Waals surface area contributed by atoms with Crippen molar-refractivity contribution in [2.24, 2.45) is 11.7 Å². The molecule has 0 aromatic carbocycles. The average Bonchev–Trinajstić information content (AvgIpc) is 2.23. The number of hydrogen-bond acceptors (Lipinski definition) is 4. The molecule has 0 heterocycles. The van der Waals surface area contributed by atoms with E-state index in [2.05, 4.69) is 4.72 Å². The van der Waals surface area contributed by atoms with E-state index in [0.29, 0.717) is 25.5 Å². The van der Waals surface area contributed by atoms with Gasteiger partial charge in [-0.2, -0.15) is 17.4 Å². The zero-order valence-corrected chi connectivity index (χ0v) is 14.1. The molecule has 19 heavy (non-hydrogen) atoms. The topological polar surface area (TPSA) is 84.7 Å². The number of hydrogen-bond donors (Lipinski definition) is 2. The Morgan fingerprint density at radius 3 is 2.32 bits per heavy atom. The van der Waals surface area contributed by atoms with Crippen LogP contribution in [0, 0.1) is 5.92 Å². The van der Waals surface area contributed by atoms with Crippen LogP contribution >= 0.6 is 12.4 Å². The lowest BCUT2D eigenvalue weighted by molar-refractivity contribution is 0.184. The van der Waals surface area contributed by atoms with Crippen LogP contribution in [0.15, 0.2) is 0 Å². The molecule has 0 aliphatic carbocycles. The maximum atomic E-state index is 12.1. The second-order valence-electron chi connectivity index (χ2n) is 5.28. The monoisotopic (exact) mass is 317 g/mol. The van der Waals surface area contributed by atoms with Crippen molar-refractivity contribution < 1.29 is 13.2 Å². The van der Waals surface area contributed by atoms with Crippen LogP contribution in [0.1, 0.15) is 27.2 Å². The Bertz CT molecular complexity index is 338. The van der Waals surface area contributed by atoms with Crippen LogP contribution in [0.25, 0.3) is 0 Å². The second kappa shape index (κ2) is 9.10. The summed E-state index contributed by atoms with van der Waals surface area (Å²) in [6, 6.07) is 0. The van der Waals surface area contributed by atoms with Crippen molar-refractivity contribution >= 4 is 22.6 Å². The summed E-state index contributed by atoms with van der Waals surface area (Å²) in [5, 5.41) is 0. The predicted octanol–water partition coefficient (Wildman–Crippen LogP) is 0.584. The Kier molecular flexibility index (Phi) is 10.2. The molecule has 0 rings (SSSR count). The lowest BCUT2D eigenvalue weighted by Crippen LogP contribution is -2.55. The van der Waals surface area contributed by atoms with E-state index in [0.717, 1.165) is 0 Å².